The molecule has 18 heavy (non-hydrogen) atoms. The highest BCUT2D eigenvalue weighted by atomic mass is 16.5. The third kappa shape index (κ3) is 1.77. The smallest absolute Gasteiger partial charge is 0.337 e. The first-order valence-electron chi connectivity index (χ1n) is 4.85. The van der Waals surface area contributed by atoms with Crippen LogP contribution in [-0.2, 0) is 0 Å². The van der Waals surface area contributed by atoms with E-state index in [1.54, 1.807) is 0 Å². The summed E-state index contributed by atoms with van der Waals surface area (Å²) in [6.07, 6.45) is 2.49. The van der Waals surface area contributed by atoms with E-state index in [1.165, 1.54) is 30.6 Å². The topological polar surface area (TPSA) is 113 Å². The minimum Gasteiger partial charge on any atom is -0.478 e. The first-order chi connectivity index (χ1) is 8.52. The van der Waals surface area contributed by atoms with Crippen molar-refractivity contribution in [2.75, 3.05) is 0 Å². The summed E-state index contributed by atoms with van der Waals surface area (Å²) in [6.45, 7) is 0. The summed E-state index contributed by atoms with van der Waals surface area (Å²) in [5, 5.41) is 27.5. The van der Waals surface area contributed by atoms with Crippen molar-refractivity contribution in [2.45, 2.75) is 0 Å². The fourth-order valence-corrected chi connectivity index (χ4v) is 1.64. The van der Waals surface area contributed by atoms with E-state index in [9.17, 15) is 14.8 Å². The zero-order chi connectivity index (χ0) is 13.3. The molecule has 0 atom stereocenters. The van der Waals surface area contributed by atoms with Crippen LogP contribution in [-0.4, -0.2) is 37.1 Å². The van der Waals surface area contributed by atoms with E-state index in [0.717, 1.165) is 0 Å². The lowest BCUT2D eigenvalue weighted by Crippen LogP contribution is -2.11. The summed E-state index contributed by atoms with van der Waals surface area (Å²) in [5.74, 6) is -2.79. The summed E-state index contributed by atoms with van der Waals surface area (Å²) in [5.41, 5.74) is -0.732. The van der Waals surface area contributed by atoms with E-state index in [0.29, 0.717) is 4.73 Å². The third-order valence-corrected chi connectivity index (χ3v) is 2.37. The van der Waals surface area contributed by atoms with Crippen molar-refractivity contribution in [3.8, 4) is 11.4 Å². The van der Waals surface area contributed by atoms with Crippen LogP contribution in [0, 0.1) is 0 Å². The van der Waals surface area contributed by atoms with Gasteiger partial charge in [0.15, 0.2) is 5.82 Å². The first kappa shape index (κ1) is 11.6. The Kier molecular flexibility index (Phi) is 2.72. The average Bonchev–Trinajstić information content (AvgIpc) is 2.74. The molecule has 2 aromatic rings. The minimum absolute atomic E-state index is 0.0319. The predicted octanol–water partition coefficient (Wildman–Crippen LogP) is 1.18. The molecule has 2 rings (SSSR count). The van der Waals surface area contributed by atoms with Crippen molar-refractivity contribution < 1.29 is 25.0 Å². The Morgan fingerprint density at radius 1 is 1.17 bits per heavy atom. The van der Waals surface area contributed by atoms with Crippen LogP contribution in [0.4, 0.5) is 0 Å². The summed E-state index contributed by atoms with van der Waals surface area (Å²) < 4.78 is 0.632. The Hall–Kier alpha value is -2.83. The molecular weight excluding hydrogens is 240 g/mol. The average molecular weight is 248 g/mol. The molecule has 0 spiro atoms. The summed E-state index contributed by atoms with van der Waals surface area (Å²) in [7, 11) is 0. The van der Waals surface area contributed by atoms with Gasteiger partial charge in [0, 0.05) is 11.8 Å². The highest BCUT2D eigenvalue weighted by Crippen LogP contribution is 2.24. The lowest BCUT2D eigenvalue weighted by atomic mass is 10.0. The van der Waals surface area contributed by atoms with Gasteiger partial charge < -0.3 is 15.4 Å². The molecule has 0 bridgehead atoms. The molecule has 0 saturated heterocycles. The fraction of sp³-hybridized carbons (Fsp3) is 0. The molecule has 7 nitrogen and oxygen atoms in total. The molecule has 0 fully saturated rings. The summed E-state index contributed by atoms with van der Waals surface area (Å²) >= 11 is 0. The van der Waals surface area contributed by atoms with E-state index in [1.807, 2.05) is 0 Å². The fourth-order valence-electron chi connectivity index (χ4n) is 1.64. The number of hydrogen-bond donors (Lipinski definition) is 3. The Balaban J connectivity index is 2.76. The Labute approximate surface area is 101 Å². The van der Waals surface area contributed by atoms with Gasteiger partial charge in [-0.1, -0.05) is 12.1 Å². The largest absolute Gasteiger partial charge is 0.478 e. The third-order valence-electron chi connectivity index (χ3n) is 2.37. The SMILES string of the molecule is O=C(O)c1cccc(-c2nccn2O)c1C(=O)O. The van der Waals surface area contributed by atoms with Crippen LogP contribution in [0.5, 0.6) is 0 Å². The molecule has 92 valence electrons. The molecule has 7 heteroatoms. The number of aromatic carboxylic acids is 2. The van der Waals surface area contributed by atoms with E-state index in [-0.39, 0.29) is 17.0 Å². The van der Waals surface area contributed by atoms with Crippen LogP contribution in [0.1, 0.15) is 20.7 Å². The monoisotopic (exact) mass is 248 g/mol. The molecular formula is C11H8N2O5. The molecule has 0 amide bonds. The second-order valence-corrected chi connectivity index (χ2v) is 3.43. The molecule has 0 aliphatic heterocycles. The van der Waals surface area contributed by atoms with E-state index in [2.05, 4.69) is 4.98 Å². The highest BCUT2D eigenvalue weighted by molar-refractivity contribution is 6.06. The van der Waals surface area contributed by atoms with Gasteiger partial charge in [-0.15, -0.1) is 0 Å². The van der Waals surface area contributed by atoms with Crippen molar-refractivity contribution >= 4 is 11.9 Å². The van der Waals surface area contributed by atoms with Crippen LogP contribution in [0.15, 0.2) is 30.6 Å². The van der Waals surface area contributed by atoms with Gasteiger partial charge in [-0.2, -0.15) is 4.73 Å². The van der Waals surface area contributed by atoms with Gasteiger partial charge in [-0.25, -0.2) is 14.6 Å². The second-order valence-electron chi connectivity index (χ2n) is 3.43. The van der Waals surface area contributed by atoms with Crippen LogP contribution >= 0.6 is 0 Å². The lowest BCUT2D eigenvalue weighted by molar-refractivity contribution is 0.0652. The number of carbonyl (C=O) groups is 2. The van der Waals surface area contributed by atoms with Gasteiger partial charge in [0.25, 0.3) is 0 Å². The Morgan fingerprint density at radius 3 is 2.39 bits per heavy atom. The normalized spacial score (nSPS) is 10.2. The number of carboxylic acids is 2. The Morgan fingerprint density at radius 2 is 1.89 bits per heavy atom. The predicted molar refractivity (Wildman–Crippen MR) is 58.8 cm³/mol. The van der Waals surface area contributed by atoms with Crippen molar-refractivity contribution in [3.05, 3.63) is 41.7 Å². The number of benzene rings is 1. The quantitative estimate of drug-likeness (QED) is 0.703. The molecule has 0 saturated carbocycles. The summed E-state index contributed by atoms with van der Waals surface area (Å²) in [6, 6.07) is 3.95. The van der Waals surface area contributed by atoms with E-state index in [4.69, 9.17) is 10.2 Å². The zero-order valence-corrected chi connectivity index (χ0v) is 8.94. The molecule has 0 aliphatic carbocycles. The molecule has 1 aromatic heterocycles. The van der Waals surface area contributed by atoms with Gasteiger partial charge in [0.1, 0.15) is 0 Å². The first-order valence-corrected chi connectivity index (χ1v) is 4.85. The maximum absolute atomic E-state index is 11.2. The van der Waals surface area contributed by atoms with Crippen LogP contribution in [0.25, 0.3) is 11.4 Å². The van der Waals surface area contributed by atoms with Crippen molar-refractivity contribution in [3.63, 3.8) is 0 Å². The number of nitrogens with zero attached hydrogens (tertiary/aromatic N) is 2. The zero-order valence-electron chi connectivity index (χ0n) is 8.94. The maximum atomic E-state index is 11.2. The number of rotatable bonds is 3. The number of imidazole rings is 1. The van der Waals surface area contributed by atoms with Gasteiger partial charge in [-0.05, 0) is 6.07 Å². The van der Waals surface area contributed by atoms with Crippen LogP contribution < -0.4 is 0 Å². The van der Waals surface area contributed by atoms with Crippen molar-refractivity contribution in [1.82, 2.24) is 9.71 Å². The van der Waals surface area contributed by atoms with E-state index < -0.39 is 17.5 Å². The molecule has 0 unspecified atom stereocenters. The van der Waals surface area contributed by atoms with Gasteiger partial charge in [-0.3, -0.25) is 0 Å². The van der Waals surface area contributed by atoms with Gasteiger partial charge >= 0.3 is 11.9 Å². The number of carboxylic acid groups (broad SMARTS) is 2. The van der Waals surface area contributed by atoms with Crippen LogP contribution in [0.2, 0.25) is 0 Å². The molecule has 1 heterocycles. The number of aromatic nitrogens is 2. The second kappa shape index (κ2) is 4.21. The van der Waals surface area contributed by atoms with Gasteiger partial charge in [0.05, 0.1) is 17.3 Å². The van der Waals surface area contributed by atoms with Gasteiger partial charge in [0.2, 0.25) is 0 Å². The van der Waals surface area contributed by atoms with Crippen molar-refractivity contribution in [1.29, 1.82) is 0 Å². The Bertz CT molecular complexity index is 632. The molecule has 0 aliphatic rings. The summed E-state index contributed by atoms with van der Waals surface area (Å²) in [4.78, 5) is 25.9. The molecule has 0 radical (unpaired) electrons. The minimum atomic E-state index is -1.40. The molecule has 1 aromatic carbocycles. The van der Waals surface area contributed by atoms with E-state index >= 15 is 0 Å². The lowest BCUT2D eigenvalue weighted by Gasteiger charge is -2.07. The number of hydrogen-bond acceptors (Lipinski definition) is 4. The van der Waals surface area contributed by atoms with Crippen LogP contribution in [0.3, 0.4) is 0 Å². The maximum Gasteiger partial charge on any atom is 0.337 e. The van der Waals surface area contributed by atoms with Crippen molar-refractivity contribution in [2.24, 2.45) is 0 Å². The standard InChI is InChI=1S/C11H8N2O5/c14-10(15)7-3-1-2-6(8(7)11(16)17)9-12-4-5-13(9)18/h1-5,18H,(H,14,15)(H,16,17). The highest BCUT2D eigenvalue weighted by Gasteiger charge is 2.22. The molecule has 3 N–H and O–H groups in total.